The predicted octanol–water partition coefficient (Wildman–Crippen LogP) is 4.10. The van der Waals surface area contributed by atoms with Crippen LogP contribution in [0.15, 0.2) is 91.0 Å². The summed E-state index contributed by atoms with van der Waals surface area (Å²) in [5.74, 6) is -0.936. The van der Waals surface area contributed by atoms with E-state index >= 15 is 0 Å². The van der Waals surface area contributed by atoms with Crippen LogP contribution in [0.5, 0.6) is 0 Å². The van der Waals surface area contributed by atoms with Crippen LogP contribution >= 0.6 is 0 Å². The number of benzene rings is 3. The molecule has 0 aromatic heterocycles. The van der Waals surface area contributed by atoms with E-state index in [0.717, 1.165) is 10.6 Å². The van der Waals surface area contributed by atoms with Crippen LogP contribution in [0.1, 0.15) is 26.3 Å². The molecule has 3 aromatic rings. The van der Waals surface area contributed by atoms with Crippen molar-refractivity contribution in [3.63, 3.8) is 0 Å². The Morgan fingerprint density at radius 2 is 1.16 bits per heavy atom. The summed E-state index contributed by atoms with van der Waals surface area (Å²) in [7, 11) is 0. The molecule has 0 aliphatic rings. The molecule has 0 atom stereocenters. The van der Waals surface area contributed by atoms with Crippen molar-refractivity contribution in [2.75, 3.05) is 0 Å². The van der Waals surface area contributed by atoms with Crippen LogP contribution in [0.3, 0.4) is 0 Å². The van der Waals surface area contributed by atoms with Gasteiger partial charge in [0, 0.05) is 5.56 Å². The monoisotopic (exact) mass is 331 g/mol. The van der Waals surface area contributed by atoms with Crippen LogP contribution in [-0.2, 0) is 11.4 Å². The van der Waals surface area contributed by atoms with Crippen molar-refractivity contribution in [3.05, 3.63) is 108 Å². The zero-order chi connectivity index (χ0) is 17.5. The Balaban J connectivity index is 1.83. The van der Waals surface area contributed by atoms with Crippen LogP contribution in [0, 0.1) is 0 Å². The molecule has 0 radical (unpaired) electrons. The third kappa shape index (κ3) is 4.32. The molecule has 0 fully saturated rings. The van der Waals surface area contributed by atoms with E-state index in [1.807, 2.05) is 42.5 Å². The van der Waals surface area contributed by atoms with Gasteiger partial charge < -0.3 is 4.84 Å². The minimum absolute atomic E-state index is 0.174. The highest BCUT2D eigenvalue weighted by molar-refractivity contribution is 5.96. The molecule has 0 saturated carbocycles. The van der Waals surface area contributed by atoms with Crippen molar-refractivity contribution in [1.29, 1.82) is 0 Å². The van der Waals surface area contributed by atoms with E-state index in [1.165, 1.54) is 0 Å². The van der Waals surface area contributed by atoms with Crippen molar-refractivity contribution in [2.24, 2.45) is 0 Å². The van der Waals surface area contributed by atoms with Crippen LogP contribution in [0.25, 0.3) is 0 Å². The highest BCUT2D eigenvalue weighted by atomic mass is 16.7. The van der Waals surface area contributed by atoms with Gasteiger partial charge in [-0.05, 0) is 29.8 Å². The number of carbonyl (C=O) groups excluding carboxylic acids is 2. The lowest BCUT2D eigenvalue weighted by Crippen LogP contribution is -2.33. The summed E-state index contributed by atoms with van der Waals surface area (Å²) in [6, 6.07) is 26.8. The SMILES string of the molecule is O=C(ON(Cc1ccccc1)C(=O)c1ccccc1)c1ccccc1. The molecule has 124 valence electrons. The Labute approximate surface area is 146 Å². The van der Waals surface area contributed by atoms with Gasteiger partial charge in [-0.3, -0.25) is 4.79 Å². The van der Waals surface area contributed by atoms with E-state index in [4.69, 9.17) is 4.84 Å². The number of hydrogen-bond acceptors (Lipinski definition) is 3. The topological polar surface area (TPSA) is 46.6 Å². The van der Waals surface area contributed by atoms with Gasteiger partial charge in [0.1, 0.15) is 0 Å². The number of nitrogens with zero attached hydrogens (tertiary/aromatic N) is 1. The third-order valence-corrected chi connectivity index (χ3v) is 3.62. The largest absolute Gasteiger partial charge is 0.363 e. The molecule has 3 rings (SSSR count). The fourth-order valence-electron chi connectivity index (χ4n) is 2.35. The molecule has 4 nitrogen and oxygen atoms in total. The van der Waals surface area contributed by atoms with Crippen molar-refractivity contribution < 1.29 is 14.4 Å². The molecule has 0 unspecified atom stereocenters. The molecular formula is C21H17NO3. The van der Waals surface area contributed by atoms with Crippen molar-refractivity contribution in [3.8, 4) is 0 Å². The minimum Gasteiger partial charge on any atom is -0.332 e. The average molecular weight is 331 g/mol. The van der Waals surface area contributed by atoms with Gasteiger partial charge in [-0.1, -0.05) is 66.7 Å². The molecule has 3 aromatic carbocycles. The van der Waals surface area contributed by atoms with Gasteiger partial charge in [0.05, 0.1) is 12.1 Å². The van der Waals surface area contributed by atoms with Crippen molar-refractivity contribution in [2.45, 2.75) is 6.54 Å². The van der Waals surface area contributed by atoms with E-state index < -0.39 is 5.97 Å². The van der Waals surface area contributed by atoms with Crippen molar-refractivity contribution >= 4 is 11.9 Å². The zero-order valence-electron chi connectivity index (χ0n) is 13.5. The second kappa shape index (κ2) is 7.93. The van der Waals surface area contributed by atoms with Gasteiger partial charge >= 0.3 is 5.97 Å². The first-order valence-electron chi connectivity index (χ1n) is 7.92. The molecule has 0 spiro atoms. The first kappa shape index (κ1) is 16.5. The standard InChI is InChI=1S/C21H17NO3/c23-20(18-12-6-2-7-13-18)22(16-17-10-4-1-5-11-17)25-21(24)19-14-8-3-9-15-19/h1-15H,16H2. The lowest BCUT2D eigenvalue weighted by Gasteiger charge is -2.21. The number of amides is 1. The molecule has 0 bridgehead atoms. The van der Waals surface area contributed by atoms with Crippen LogP contribution in [0.4, 0.5) is 0 Å². The molecule has 0 aliphatic carbocycles. The summed E-state index contributed by atoms with van der Waals surface area (Å²) in [4.78, 5) is 30.5. The Bertz CT molecular complexity index is 833. The van der Waals surface area contributed by atoms with E-state index in [1.54, 1.807) is 48.5 Å². The molecular weight excluding hydrogens is 314 g/mol. The summed E-state index contributed by atoms with van der Waals surface area (Å²) in [5.41, 5.74) is 1.72. The fourth-order valence-corrected chi connectivity index (χ4v) is 2.35. The normalized spacial score (nSPS) is 10.1. The number of rotatable bonds is 4. The fraction of sp³-hybridized carbons (Fsp3) is 0.0476. The Kier molecular flexibility index (Phi) is 5.22. The second-order valence-corrected chi connectivity index (χ2v) is 5.44. The van der Waals surface area contributed by atoms with Gasteiger partial charge in [0.2, 0.25) is 0 Å². The summed E-state index contributed by atoms with van der Waals surface area (Å²) >= 11 is 0. The quantitative estimate of drug-likeness (QED) is 0.676. The van der Waals surface area contributed by atoms with Gasteiger partial charge in [-0.25, -0.2) is 4.79 Å². The molecule has 0 heterocycles. The molecule has 4 heteroatoms. The van der Waals surface area contributed by atoms with Crippen LogP contribution in [-0.4, -0.2) is 16.9 Å². The highest BCUT2D eigenvalue weighted by Gasteiger charge is 2.21. The first-order valence-corrected chi connectivity index (χ1v) is 7.92. The maximum Gasteiger partial charge on any atom is 0.363 e. The lowest BCUT2D eigenvalue weighted by molar-refractivity contribution is -0.0869. The Morgan fingerprint density at radius 3 is 1.72 bits per heavy atom. The summed E-state index contributed by atoms with van der Waals surface area (Å²) in [5, 5.41) is 1.10. The van der Waals surface area contributed by atoms with Gasteiger partial charge in [-0.15, -0.1) is 0 Å². The van der Waals surface area contributed by atoms with Gasteiger partial charge in [0.25, 0.3) is 5.91 Å². The predicted molar refractivity (Wildman–Crippen MR) is 94.6 cm³/mol. The van der Waals surface area contributed by atoms with E-state index in [0.29, 0.717) is 11.1 Å². The zero-order valence-corrected chi connectivity index (χ0v) is 13.5. The van der Waals surface area contributed by atoms with Crippen LogP contribution in [0.2, 0.25) is 0 Å². The highest BCUT2D eigenvalue weighted by Crippen LogP contribution is 2.13. The average Bonchev–Trinajstić information content (AvgIpc) is 2.69. The summed E-state index contributed by atoms with van der Waals surface area (Å²) < 4.78 is 0. The van der Waals surface area contributed by atoms with E-state index in [2.05, 4.69) is 0 Å². The van der Waals surface area contributed by atoms with Crippen LogP contribution < -0.4 is 0 Å². The van der Waals surface area contributed by atoms with E-state index in [9.17, 15) is 9.59 Å². The molecule has 0 aliphatic heterocycles. The second-order valence-electron chi connectivity index (χ2n) is 5.44. The maximum atomic E-state index is 12.8. The van der Waals surface area contributed by atoms with Crippen molar-refractivity contribution in [1.82, 2.24) is 5.06 Å². The third-order valence-electron chi connectivity index (χ3n) is 3.62. The molecule has 25 heavy (non-hydrogen) atoms. The van der Waals surface area contributed by atoms with Gasteiger partial charge in [0.15, 0.2) is 0 Å². The number of hydrogen-bond donors (Lipinski definition) is 0. The lowest BCUT2D eigenvalue weighted by atomic mass is 10.2. The molecule has 0 N–H and O–H groups in total. The number of carbonyl (C=O) groups is 2. The van der Waals surface area contributed by atoms with Gasteiger partial charge in [-0.2, -0.15) is 5.06 Å². The number of hydroxylamine groups is 2. The minimum atomic E-state index is -0.569. The molecule has 1 amide bonds. The Hall–Kier alpha value is -3.40. The summed E-state index contributed by atoms with van der Waals surface area (Å²) in [6.07, 6.45) is 0. The van der Waals surface area contributed by atoms with E-state index in [-0.39, 0.29) is 12.5 Å². The maximum absolute atomic E-state index is 12.8. The first-order chi connectivity index (χ1) is 12.2. The molecule has 0 saturated heterocycles. The Morgan fingerprint density at radius 1 is 0.680 bits per heavy atom. The smallest absolute Gasteiger partial charge is 0.332 e. The summed E-state index contributed by atoms with van der Waals surface area (Å²) in [6.45, 7) is 0.174.